The highest BCUT2D eigenvalue weighted by molar-refractivity contribution is 9.10. The van der Waals surface area contributed by atoms with Gasteiger partial charge in [-0.05, 0) is 47.9 Å². The Balaban J connectivity index is 1.63. The lowest BCUT2D eigenvalue weighted by Crippen LogP contribution is -2.46. The summed E-state index contributed by atoms with van der Waals surface area (Å²) in [7, 11) is 6.01. The van der Waals surface area contributed by atoms with Gasteiger partial charge in [-0.1, -0.05) is 6.92 Å². The van der Waals surface area contributed by atoms with Crippen LogP contribution in [0.2, 0.25) is 0 Å². The van der Waals surface area contributed by atoms with E-state index in [0.29, 0.717) is 0 Å². The zero-order chi connectivity index (χ0) is 18.9. The normalized spacial score (nSPS) is 16.9. The lowest BCUT2D eigenvalue weighted by molar-refractivity contribution is 0.136. The van der Waals surface area contributed by atoms with Crippen LogP contribution in [0, 0.1) is 0 Å². The molecule has 0 unspecified atom stereocenters. The van der Waals surface area contributed by atoms with Crippen LogP contribution in [0.4, 0.5) is 0 Å². The maximum atomic E-state index is 4.42. The van der Waals surface area contributed by atoms with Crippen molar-refractivity contribution in [2.24, 2.45) is 12.0 Å². The largest absolute Gasteiger partial charge is 0.356 e. The van der Waals surface area contributed by atoms with E-state index in [2.05, 4.69) is 78.8 Å². The lowest BCUT2D eigenvalue weighted by atomic mass is 10.2. The van der Waals surface area contributed by atoms with Crippen LogP contribution in [0.5, 0.6) is 0 Å². The van der Waals surface area contributed by atoms with Crippen LogP contribution in [0.25, 0.3) is 0 Å². The highest BCUT2D eigenvalue weighted by Crippen LogP contribution is 2.15. The van der Waals surface area contributed by atoms with Gasteiger partial charge in [-0.25, -0.2) is 0 Å². The molecule has 2 heterocycles. The van der Waals surface area contributed by atoms with Crippen molar-refractivity contribution in [3.05, 3.63) is 22.4 Å². The number of nitrogens with zero attached hydrogens (tertiary/aromatic N) is 5. The first kappa shape index (κ1) is 21.3. The van der Waals surface area contributed by atoms with E-state index < -0.39 is 0 Å². The second-order valence-electron chi connectivity index (χ2n) is 7.07. The Labute approximate surface area is 167 Å². The molecule has 0 aromatic carbocycles. The molecule has 2 rings (SSSR count). The number of halogens is 1. The molecule has 0 saturated carbocycles. The Morgan fingerprint density at radius 3 is 2.50 bits per heavy atom. The number of aliphatic imine (C=N–C) groups is 1. The van der Waals surface area contributed by atoms with Crippen molar-refractivity contribution in [3.8, 4) is 0 Å². The van der Waals surface area contributed by atoms with Crippen LogP contribution < -0.4 is 5.32 Å². The van der Waals surface area contributed by atoms with Gasteiger partial charge in [-0.15, -0.1) is 0 Å². The average molecular weight is 427 g/mol. The molecular formula is C19H35BrN6. The Bertz CT molecular complexity index is 562. The average Bonchev–Trinajstić information content (AvgIpc) is 2.95. The predicted octanol–water partition coefficient (Wildman–Crippen LogP) is 2.21. The molecule has 0 radical (unpaired) electrons. The SMILES string of the molecule is CCN1CCN(CCCCNC(=NC)N(C)Cc2cc(Br)cn2C)CC1. The Morgan fingerprint density at radius 1 is 1.23 bits per heavy atom. The van der Waals surface area contributed by atoms with E-state index in [0.717, 1.165) is 23.5 Å². The summed E-state index contributed by atoms with van der Waals surface area (Å²) in [6, 6.07) is 2.15. The summed E-state index contributed by atoms with van der Waals surface area (Å²) in [5.74, 6) is 0.957. The summed E-state index contributed by atoms with van der Waals surface area (Å²) >= 11 is 3.53. The third-order valence-corrected chi connectivity index (χ3v) is 5.58. The monoisotopic (exact) mass is 426 g/mol. The van der Waals surface area contributed by atoms with Gasteiger partial charge in [-0.2, -0.15) is 0 Å². The van der Waals surface area contributed by atoms with Crippen LogP contribution in [0.3, 0.4) is 0 Å². The van der Waals surface area contributed by atoms with E-state index in [-0.39, 0.29) is 0 Å². The highest BCUT2D eigenvalue weighted by atomic mass is 79.9. The summed E-state index contributed by atoms with van der Waals surface area (Å²) in [4.78, 5) is 11.7. The van der Waals surface area contributed by atoms with Crippen molar-refractivity contribution in [1.82, 2.24) is 24.6 Å². The van der Waals surface area contributed by atoms with E-state index >= 15 is 0 Å². The topological polar surface area (TPSA) is 39.0 Å². The first-order valence-corrected chi connectivity index (χ1v) is 10.5. The molecule has 1 fully saturated rings. The van der Waals surface area contributed by atoms with Gasteiger partial charge in [0.25, 0.3) is 0 Å². The fourth-order valence-electron chi connectivity index (χ4n) is 3.42. The number of nitrogens with one attached hydrogen (secondary N) is 1. The van der Waals surface area contributed by atoms with Gasteiger partial charge in [0.15, 0.2) is 5.96 Å². The zero-order valence-electron chi connectivity index (χ0n) is 16.8. The molecule has 6 nitrogen and oxygen atoms in total. The molecule has 1 aliphatic rings. The Kier molecular flexibility index (Phi) is 8.95. The predicted molar refractivity (Wildman–Crippen MR) is 114 cm³/mol. The third-order valence-electron chi connectivity index (χ3n) is 5.14. The number of likely N-dealkylation sites (N-methyl/N-ethyl adjacent to an activating group) is 1. The zero-order valence-corrected chi connectivity index (χ0v) is 18.4. The quantitative estimate of drug-likeness (QED) is 0.392. The van der Waals surface area contributed by atoms with Gasteiger partial charge >= 0.3 is 0 Å². The van der Waals surface area contributed by atoms with Crippen molar-refractivity contribution in [1.29, 1.82) is 0 Å². The molecule has 1 aromatic rings. The molecule has 0 amide bonds. The Morgan fingerprint density at radius 2 is 1.92 bits per heavy atom. The van der Waals surface area contributed by atoms with Gasteiger partial charge in [0.05, 0.1) is 6.54 Å². The first-order chi connectivity index (χ1) is 12.5. The molecule has 0 spiro atoms. The van der Waals surface area contributed by atoms with Crippen molar-refractivity contribution >= 4 is 21.9 Å². The van der Waals surface area contributed by atoms with Crippen LogP contribution in [-0.4, -0.2) is 85.1 Å². The maximum absolute atomic E-state index is 4.42. The molecule has 26 heavy (non-hydrogen) atoms. The number of hydrogen-bond acceptors (Lipinski definition) is 3. The first-order valence-electron chi connectivity index (χ1n) is 9.70. The molecule has 0 aliphatic carbocycles. The number of rotatable bonds is 8. The van der Waals surface area contributed by atoms with Gasteiger partial charge < -0.3 is 24.6 Å². The molecule has 1 aliphatic heterocycles. The van der Waals surface area contributed by atoms with Crippen LogP contribution in [-0.2, 0) is 13.6 Å². The van der Waals surface area contributed by atoms with E-state index in [1.165, 1.54) is 57.8 Å². The van der Waals surface area contributed by atoms with Gasteiger partial charge in [-0.3, -0.25) is 4.99 Å². The van der Waals surface area contributed by atoms with Crippen molar-refractivity contribution in [2.45, 2.75) is 26.3 Å². The van der Waals surface area contributed by atoms with E-state index in [1.807, 2.05) is 7.05 Å². The van der Waals surface area contributed by atoms with Crippen molar-refractivity contribution < 1.29 is 0 Å². The highest BCUT2D eigenvalue weighted by Gasteiger charge is 2.14. The number of hydrogen-bond donors (Lipinski definition) is 1. The minimum absolute atomic E-state index is 0.837. The molecule has 7 heteroatoms. The Hall–Kier alpha value is -1.05. The number of unbranched alkanes of at least 4 members (excludes halogenated alkanes) is 1. The summed E-state index contributed by atoms with van der Waals surface area (Å²) in [6.07, 6.45) is 4.50. The van der Waals surface area contributed by atoms with Crippen LogP contribution >= 0.6 is 15.9 Å². The molecule has 0 atom stereocenters. The fourth-order valence-corrected chi connectivity index (χ4v) is 3.99. The van der Waals surface area contributed by atoms with Crippen molar-refractivity contribution in [2.75, 3.05) is 59.9 Å². The third kappa shape index (κ3) is 6.59. The maximum Gasteiger partial charge on any atom is 0.193 e. The number of aryl methyl sites for hydroxylation is 1. The van der Waals surface area contributed by atoms with Crippen LogP contribution in [0.15, 0.2) is 21.7 Å². The van der Waals surface area contributed by atoms with E-state index in [1.54, 1.807) is 0 Å². The summed E-state index contributed by atoms with van der Waals surface area (Å²) < 4.78 is 3.26. The molecular weight excluding hydrogens is 392 g/mol. The fraction of sp³-hybridized carbons (Fsp3) is 0.737. The van der Waals surface area contributed by atoms with Crippen LogP contribution in [0.1, 0.15) is 25.5 Å². The van der Waals surface area contributed by atoms with E-state index in [9.17, 15) is 0 Å². The molecule has 148 valence electrons. The minimum atomic E-state index is 0.837. The second kappa shape index (κ2) is 10.9. The standard InChI is InChI=1S/C19H35BrN6/c1-5-25-10-12-26(13-11-25)9-7-6-8-22-19(21-2)24(4)16-18-14-17(20)15-23(18)3/h14-15H,5-13,16H2,1-4H3,(H,21,22). The second-order valence-corrected chi connectivity index (χ2v) is 7.99. The number of guanidine groups is 1. The van der Waals surface area contributed by atoms with Gasteiger partial charge in [0.2, 0.25) is 0 Å². The minimum Gasteiger partial charge on any atom is -0.356 e. The molecule has 1 saturated heterocycles. The lowest BCUT2D eigenvalue weighted by Gasteiger charge is -2.34. The number of aromatic nitrogens is 1. The van der Waals surface area contributed by atoms with Crippen molar-refractivity contribution in [3.63, 3.8) is 0 Å². The summed E-state index contributed by atoms with van der Waals surface area (Å²) in [5.41, 5.74) is 1.26. The molecule has 1 aromatic heterocycles. The smallest absolute Gasteiger partial charge is 0.193 e. The van der Waals surface area contributed by atoms with E-state index in [4.69, 9.17) is 0 Å². The van der Waals surface area contributed by atoms with Gasteiger partial charge in [0, 0.05) is 70.2 Å². The summed E-state index contributed by atoms with van der Waals surface area (Å²) in [6.45, 7) is 11.3. The number of piperazine rings is 1. The van der Waals surface area contributed by atoms with Gasteiger partial charge in [0.1, 0.15) is 0 Å². The molecule has 1 N–H and O–H groups in total. The molecule has 0 bridgehead atoms. The summed E-state index contributed by atoms with van der Waals surface area (Å²) in [5, 5.41) is 3.50.